The van der Waals surface area contributed by atoms with Crippen LogP contribution in [0.1, 0.15) is 47.9 Å². The monoisotopic (exact) mass is 928 g/mol. The number of carbonyl (C=O) groups excluding carboxylic acids is 4. The van der Waals surface area contributed by atoms with Gasteiger partial charge in [-0.1, -0.05) is 77.9 Å². The highest BCUT2D eigenvalue weighted by atomic mass is 35.5. The molecule has 1 saturated carbocycles. The molecular weight excluding hydrogens is 884 g/mol. The summed E-state index contributed by atoms with van der Waals surface area (Å²) in [7, 11) is 4.94. The highest BCUT2D eigenvalue weighted by molar-refractivity contribution is 7.22. The third-order valence-corrected chi connectivity index (χ3v) is 16.3. The molecule has 0 spiro atoms. The van der Waals surface area contributed by atoms with Gasteiger partial charge >= 0.3 is 0 Å². The minimum absolute atomic E-state index is 0.0105. The molecular formula is C54H45ClN4O7S. The van der Waals surface area contributed by atoms with Gasteiger partial charge in [-0.05, 0) is 114 Å². The normalized spacial score (nSPS) is 23.6. The molecule has 7 aromatic rings. The van der Waals surface area contributed by atoms with Gasteiger partial charge in [0.15, 0.2) is 0 Å². The molecule has 2 aliphatic carbocycles. The van der Waals surface area contributed by atoms with Crippen molar-refractivity contribution < 1.29 is 33.8 Å². The summed E-state index contributed by atoms with van der Waals surface area (Å²) in [6, 6.07) is 31.5. The van der Waals surface area contributed by atoms with E-state index in [0.29, 0.717) is 39.3 Å². The number of aromatic hydroxyl groups is 1. The van der Waals surface area contributed by atoms with Gasteiger partial charge in [0.2, 0.25) is 23.6 Å². The number of nitrogens with zero attached hydrogens (tertiary/aromatic N) is 4. The van der Waals surface area contributed by atoms with Crippen molar-refractivity contribution in [1.82, 2.24) is 9.78 Å². The molecule has 11 nitrogen and oxygen atoms in total. The van der Waals surface area contributed by atoms with Gasteiger partial charge in [0, 0.05) is 39.9 Å². The highest BCUT2D eigenvalue weighted by Gasteiger charge is 2.68. The van der Waals surface area contributed by atoms with Crippen molar-refractivity contribution in [1.29, 1.82) is 0 Å². The third-order valence-electron chi connectivity index (χ3n) is 14.8. The van der Waals surface area contributed by atoms with Gasteiger partial charge in [-0.25, -0.2) is 4.90 Å². The molecule has 67 heavy (non-hydrogen) atoms. The van der Waals surface area contributed by atoms with Crippen molar-refractivity contribution in [3.63, 3.8) is 0 Å². The standard InChI is InChI=1S/C54H45ClN4O7S/c1-28-38-25-32(55)15-23-44(38)67-49(28)41-27-45(57(3)56-41)59-51(62)40-26-39-36(48(54(40,2)53(59)64)47-35-9-7-6-8-30(35)14-21-42(47)60)19-20-37-46(39)52(63)58(50(37)61)33-16-11-29(12-17-33)10-13-31-24-34(65-4)18-22-43(31)66-5/h6-19,21-25,27,37,39-40,46,48,60H,20,26H2,1-5H3/t37-,39+,40-,46-,48+,54+/m0/s1. The van der Waals surface area contributed by atoms with E-state index in [0.717, 1.165) is 48.0 Å². The number of rotatable bonds is 8. The van der Waals surface area contributed by atoms with E-state index in [2.05, 4.69) is 0 Å². The first-order valence-electron chi connectivity index (χ1n) is 22.2. The molecule has 2 saturated heterocycles. The predicted octanol–water partition coefficient (Wildman–Crippen LogP) is 10.7. The first-order chi connectivity index (χ1) is 32.3. The second kappa shape index (κ2) is 15.8. The van der Waals surface area contributed by atoms with Gasteiger partial charge in [-0.15, -0.1) is 11.3 Å². The summed E-state index contributed by atoms with van der Waals surface area (Å²) in [5.74, 6) is -3.52. The number of thiophene rings is 1. The Morgan fingerprint density at radius 2 is 1.63 bits per heavy atom. The zero-order valence-corrected chi connectivity index (χ0v) is 38.9. The maximum Gasteiger partial charge on any atom is 0.242 e. The van der Waals surface area contributed by atoms with Crippen molar-refractivity contribution >= 4 is 91.1 Å². The summed E-state index contributed by atoms with van der Waals surface area (Å²) in [6.07, 6.45) is 6.27. The molecule has 6 atom stereocenters. The van der Waals surface area contributed by atoms with Crippen molar-refractivity contribution in [2.75, 3.05) is 24.0 Å². The van der Waals surface area contributed by atoms with E-state index >= 15 is 9.59 Å². The number of benzene rings is 5. The number of hydrogen-bond donors (Lipinski definition) is 1. The number of anilines is 2. The molecule has 5 aromatic carbocycles. The molecule has 0 bridgehead atoms. The van der Waals surface area contributed by atoms with E-state index in [1.165, 1.54) is 9.80 Å². The van der Waals surface area contributed by atoms with Crippen LogP contribution in [0.3, 0.4) is 0 Å². The lowest BCUT2D eigenvalue weighted by atomic mass is 9.51. The number of aromatic nitrogens is 2. The van der Waals surface area contributed by atoms with Gasteiger partial charge in [0.1, 0.15) is 28.8 Å². The first-order valence-corrected chi connectivity index (χ1v) is 23.4. The topological polar surface area (TPSA) is 131 Å². The summed E-state index contributed by atoms with van der Waals surface area (Å²) in [5, 5.41) is 20.0. The predicted molar refractivity (Wildman–Crippen MR) is 261 cm³/mol. The number of halogens is 1. The van der Waals surface area contributed by atoms with Crippen molar-refractivity contribution in [2.45, 2.75) is 32.6 Å². The number of methoxy groups -OCH3 is 2. The number of allylic oxidation sites excluding steroid dienone is 2. The second-order valence-electron chi connectivity index (χ2n) is 18.1. The fourth-order valence-electron chi connectivity index (χ4n) is 11.5. The first kappa shape index (κ1) is 42.6. The molecule has 2 aromatic heterocycles. The molecule has 4 heterocycles. The fourth-order valence-corrected chi connectivity index (χ4v) is 12.8. The molecule has 1 N–H and O–H groups in total. The van der Waals surface area contributed by atoms with Gasteiger partial charge in [0.25, 0.3) is 0 Å². The molecule has 11 rings (SSSR count). The van der Waals surface area contributed by atoms with Crippen LogP contribution in [-0.2, 0) is 26.2 Å². The van der Waals surface area contributed by atoms with Crippen LogP contribution in [0.15, 0.2) is 115 Å². The zero-order chi connectivity index (χ0) is 46.6. The molecule has 2 aliphatic heterocycles. The van der Waals surface area contributed by atoms with Gasteiger partial charge in [0.05, 0.1) is 48.0 Å². The molecule has 0 radical (unpaired) electrons. The Hall–Kier alpha value is -7.02. The molecule has 336 valence electrons. The molecule has 4 aliphatic rings. The highest BCUT2D eigenvalue weighted by Crippen LogP contribution is 2.65. The quantitative estimate of drug-likeness (QED) is 0.0905. The number of phenolic OH excluding ortho intramolecular Hbond substituents is 1. The Labute approximate surface area is 395 Å². The lowest BCUT2D eigenvalue weighted by molar-refractivity contribution is -0.131. The lowest BCUT2D eigenvalue weighted by Gasteiger charge is -2.49. The van der Waals surface area contributed by atoms with Crippen LogP contribution in [-0.4, -0.2) is 52.7 Å². The number of hydrogen-bond acceptors (Lipinski definition) is 9. The van der Waals surface area contributed by atoms with Crippen LogP contribution in [0.5, 0.6) is 17.2 Å². The van der Waals surface area contributed by atoms with Gasteiger partial charge in [-0.3, -0.25) is 28.8 Å². The number of carbonyl (C=O) groups is 4. The Bertz CT molecular complexity index is 3330. The van der Waals surface area contributed by atoms with Crippen molar-refractivity contribution in [3.8, 4) is 27.8 Å². The average molecular weight is 929 g/mol. The van der Waals surface area contributed by atoms with Crippen LogP contribution in [0, 0.1) is 36.0 Å². The number of phenols is 1. The smallest absolute Gasteiger partial charge is 0.242 e. The number of imide groups is 2. The Morgan fingerprint density at radius 3 is 2.40 bits per heavy atom. The largest absolute Gasteiger partial charge is 0.508 e. The van der Waals surface area contributed by atoms with E-state index in [-0.39, 0.29) is 30.4 Å². The maximum absolute atomic E-state index is 15.5. The van der Waals surface area contributed by atoms with E-state index in [1.807, 2.05) is 111 Å². The minimum Gasteiger partial charge on any atom is -0.508 e. The summed E-state index contributed by atoms with van der Waals surface area (Å²) < 4.78 is 13.5. The Morgan fingerprint density at radius 1 is 0.836 bits per heavy atom. The van der Waals surface area contributed by atoms with E-state index in [1.54, 1.807) is 61.6 Å². The van der Waals surface area contributed by atoms with Crippen LogP contribution in [0.2, 0.25) is 5.02 Å². The van der Waals surface area contributed by atoms with Crippen LogP contribution >= 0.6 is 22.9 Å². The van der Waals surface area contributed by atoms with Gasteiger partial charge in [-0.2, -0.15) is 5.10 Å². The number of aryl methyl sites for hydroxylation is 2. The SMILES string of the molecule is COc1ccc(OC)c(C=Cc2ccc(N3C(=O)[C@H]4[C@H](CC=C5[C@H]4C[C@H]4C(=O)N(c6cc(-c7sc8ccc(Cl)cc8c7C)nn6C)C(=O)[C@@]4(C)[C@H]5c4c(O)ccc5ccccc45)C3=O)cc2)c1. The molecule has 0 unspecified atom stereocenters. The second-order valence-corrected chi connectivity index (χ2v) is 19.6. The van der Waals surface area contributed by atoms with Crippen molar-refractivity contribution in [3.05, 3.63) is 142 Å². The Balaban J connectivity index is 0.973. The van der Waals surface area contributed by atoms with E-state index in [4.69, 9.17) is 26.2 Å². The third kappa shape index (κ3) is 6.40. The summed E-state index contributed by atoms with van der Waals surface area (Å²) >= 11 is 7.94. The number of fused-ring (bicyclic) bond motifs is 6. The molecule has 4 amide bonds. The zero-order valence-electron chi connectivity index (χ0n) is 37.3. The lowest BCUT2D eigenvalue weighted by Crippen LogP contribution is -2.49. The van der Waals surface area contributed by atoms with Crippen molar-refractivity contribution in [2.24, 2.45) is 36.1 Å². The fraction of sp³-hybridized carbons (Fsp3) is 0.241. The van der Waals surface area contributed by atoms with Gasteiger partial charge < -0.3 is 14.6 Å². The minimum atomic E-state index is -1.38. The maximum atomic E-state index is 15.5. The van der Waals surface area contributed by atoms with E-state index in [9.17, 15) is 14.7 Å². The van der Waals surface area contributed by atoms with E-state index < -0.39 is 46.8 Å². The number of ether oxygens (including phenoxy) is 2. The van der Waals surface area contributed by atoms with Crippen LogP contribution < -0.4 is 19.3 Å². The summed E-state index contributed by atoms with van der Waals surface area (Å²) in [4.78, 5) is 63.7. The summed E-state index contributed by atoms with van der Waals surface area (Å²) in [5.41, 5.74) is 3.66. The van der Waals surface area contributed by atoms with Crippen LogP contribution in [0.4, 0.5) is 11.5 Å². The average Bonchev–Trinajstić information content (AvgIpc) is 4.01. The Kier molecular flexibility index (Phi) is 10.1. The summed E-state index contributed by atoms with van der Waals surface area (Å²) in [6.45, 7) is 3.84. The molecule has 13 heteroatoms. The number of amides is 4. The molecule has 3 fully saturated rings. The van der Waals surface area contributed by atoms with Crippen LogP contribution in [0.25, 0.3) is 43.6 Å².